The van der Waals surface area contributed by atoms with Gasteiger partial charge < -0.3 is 15.2 Å². The van der Waals surface area contributed by atoms with E-state index in [9.17, 15) is 23.1 Å². The first-order valence-corrected chi connectivity index (χ1v) is 10.3. The molecule has 0 bridgehead atoms. The van der Waals surface area contributed by atoms with Gasteiger partial charge in [-0.15, -0.1) is 0 Å². The van der Waals surface area contributed by atoms with Crippen molar-refractivity contribution in [3.8, 4) is 0 Å². The van der Waals surface area contributed by atoms with Crippen LogP contribution in [-0.4, -0.2) is 56.0 Å². The average molecular weight is 419 g/mol. The molecule has 0 aromatic heterocycles. The molecule has 150 valence electrons. The van der Waals surface area contributed by atoms with Gasteiger partial charge in [-0.1, -0.05) is 18.0 Å². The van der Waals surface area contributed by atoms with Crippen molar-refractivity contribution >= 4 is 39.2 Å². The van der Waals surface area contributed by atoms with Crippen molar-refractivity contribution in [3.63, 3.8) is 0 Å². The van der Waals surface area contributed by atoms with Crippen LogP contribution in [0.3, 0.4) is 0 Å². The molecule has 0 spiro atoms. The molecule has 27 heavy (non-hydrogen) atoms. The van der Waals surface area contributed by atoms with E-state index in [0.29, 0.717) is 12.8 Å². The van der Waals surface area contributed by atoms with Gasteiger partial charge in [0.2, 0.25) is 10.0 Å². The van der Waals surface area contributed by atoms with Crippen LogP contribution in [0, 0.1) is 0 Å². The van der Waals surface area contributed by atoms with E-state index in [1.165, 1.54) is 32.3 Å². The first kappa shape index (κ1) is 21.6. The van der Waals surface area contributed by atoms with Gasteiger partial charge in [0.1, 0.15) is 4.90 Å². The maximum atomic E-state index is 12.2. The third-order valence-electron chi connectivity index (χ3n) is 4.37. The molecule has 0 unspecified atom stereocenters. The van der Waals surface area contributed by atoms with Gasteiger partial charge in [-0.2, -0.15) is 0 Å². The molecule has 1 fully saturated rings. The monoisotopic (exact) mass is 418 g/mol. The van der Waals surface area contributed by atoms with Gasteiger partial charge in [0.05, 0.1) is 5.02 Å². The van der Waals surface area contributed by atoms with Crippen LogP contribution in [0.25, 0.3) is 0 Å². The standard InChI is InChI=1S/C17H23ClN2O6S/c1-20(2)27(24,25)14-10-12(6-7-13(14)18)19-15(21)11-26-16(22)17(23)8-4-3-5-9-17/h6-7,10,23H,3-5,8-9,11H2,1-2H3,(H,19,21). The molecule has 2 N–H and O–H groups in total. The number of carbonyl (C=O) groups excluding carboxylic acids is 2. The van der Waals surface area contributed by atoms with Crippen molar-refractivity contribution in [2.45, 2.75) is 42.6 Å². The molecule has 10 heteroatoms. The van der Waals surface area contributed by atoms with Gasteiger partial charge in [0.25, 0.3) is 5.91 Å². The normalized spacial score (nSPS) is 16.8. The highest BCUT2D eigenvalue weighted by Gasteiger charge is 2.38. The molecule has 2 rings (SSSR count). The summed E-state index contributed by atoms with van der Waals surface area (Å²) in [4.78, 5) is 23.9. The second kappa shape index (κ2) is 8.55. The Balaban J connectivity index is 2.01. The predicted molar refractivity (Wildman–Crippen MR) is 99.9 cm³/mol. The summed E-state index contributed by atoms with van der Waals surface area (Å²) in [5.74, 6) is -1.47. The number of carbonyl (C=O) groups is 2. The topological polar surface area (TPSA) is 113 Å². The zero-order valence-electron chi connectivity index (χ0n) is 15.2. The highest BCUT2D eigenvalue weighted by molar-refractivity contribution is 7.89. The number of anilines is 1. The Morgan fingerprint density at radius 3 is 2.48 bits per heavy atom. The highest BCUT2D eigenvalue weighted by atomic mass is 35.5. The number of nitrogens with zero attached hydrogens (tertiary/aromatic N) is 1. The molecule has 1 aromatic rings. The van der Waals surface area contributed by atoms with Gasteiger partial charge in [0, 0.05) is 19.8 Å². The van der Waals surface area contributed by atoms with Crippen LogP contribution in [0.15, 0.2) is 23.1 Å². The van der Waals surface area contributed by atoms with E-state index in [2.05, 4.69) is 5.32 Å². The lowest BCUT2D eigenvalue weighted by Gasteiger charge is -2.29. The maximum Gasteiger partial charge on any atom is 0.338 e. The number of hydrogen-bond acceptors (Lipinski definition) is 6. The van der Waals surface area contributed by atoms with E-state index in [1.54, 1.807) is 0 Å². The summed E-state index contributed by atoms with van der Waals surface area (Å²) in [6, 6.07) is 4.02. The number of halogens is 1. The molecule has 0 heterocycles. The number of sulfonamides is 1. The van der Waals surface area contributed by atoms with Crippen LogP contribution in [0.4, 0.5) is 5.69 Å². The van der Waals surface area contributed by atoms with Crippen LogP contribution in [0.5, 0.6) is 0 Å². The highest BCUT2D eigenvalue weighted by Crippen LogP contribution is 2.29. The van der Waals surface area contributed by atoms with E-state index in [1.807, 2.05) is 0 Å². The van der Waals surface area contributed by atoms with Crippen molar-refractivity contribution in [2.24, 2.45) is 0 Å². The first-order valence-electron chi connectivity index (χ1n) is 8.48. The summed E-state index contributed by atoms with van der Waals surface area (Å²) in [5.41, 5.74) is -1.34. The summed E-state index contributed by atoms with van der Waals surface area (Å²) in [6.45, 7) is -0.584. The maximum absolute atomic E-state index is 12.2. The number of amides is 1. The Hall–Kier alpha value is -1.68. The first-order chi connectivity index (χ1) is 12.6. The van der Waals surface area contributed by atoms with Crippen molar-refractivity contribution < 1.29 is 27.9 Å². The molecule has 1 amide bonds. The molecule has 1 aliphatic rings. The quantitative estimate of drug-likeness (QED) is 0.680. The number of aliphatic hydroxyl groups is 1. The zero-order valence-corrected chi connectivity index (χ0v) is 16.8. The van der Waals surface area contributed by atoms with Crippen molar-refractivity contribution in [1.29, 1.82) is 0 Å². The van der Waals surface area contributed by atoms with Crippen molar-refractivity contribution in [2.75, 3.05) is 26.0 Å². The Morgan fingerprint density at radius 2 is 1.89 bits per heavy atom. The van der Waals surface area contributed by atoms with E-state index < -0.39 is 34.1 Å². The van der Waals surface area contributed by atoms with Gasteiger partial charge in [-0.05, 0) is 43.9 Å². The molecule has 1 aromatic carbocycles. The molecule has 8 nitrogen and oxygen atoms in total. The summed E-state index contributed by atoms with van der Waals surface area (Å²) in [5, 5.41) is 12.7. The van der Waals surface area contributed by atoms with Crippen molar-refractivity contribution in [3.05, 3.63) is 23.2 Å². The second-order valence-corrected chi connectivity index (χ2v) is 9.18. The number of benzene rings is 1. The Morgan fingerprint density at radius 1 is 1.26 bits per heavy atom. The molecular weight excluding hydrogens is 396 g/mol. The molecular formula is C17H23ClN2O6S. The fraction of sp³-hybridized carbons (Fsp3) is 0.529. The number of hydrogen-bond donors (Lipinski definition) is 2. The van der Waals surface area contributed by atoms with Crippen molar-refractivity contribution in [1.82, 2.24) is 4.31 Å². The van der Waals surface area contributed by atoms with Gasteiger partial charge >= 0.3 is 5.97 Å². The molecule has 1 saturated carbocycles. The van der Waals surface area contributed by atoms with Crippen LogP contribution < -0.4 is 5.32 Å². The third-order valence-corrected chi connectivity index (χ3v) is 6.67. The number of ether oxygens (including phenoxy) is 1. The van der Waals surface area contributed by atoms with Gasteiger partial charge in [0.15, 0.2) is 12.2 Å². The lowest BCUT2D eigenvalue weighted by atomic mass is 9.85. The molecule has 0 saturated heterocycles. The fourth-order valence-electron chi connectivity index (χ4n) is 2.78. The summed E-state index contributed by atoms with van der Waals surface area (Å²) < 4.78 is 30.4. The van der Waals surface area contributed by atoms with Gasteiger partial charge in [-0.3, -0.25) is 4.79 Å². The minimum atomic E-state index is -3.78. The van der Waals surface area contributed by atoms with E-state index in [-0.39, 0.29) is 15.6 Å². The molecule has 0 atom stereocenters. The lowest BCUT2D eigenvalue weighted by molar-refractivity contribution is -0.170. The van der Waals surface area contributed by atoms with Crippen LogP contribution >= 0.6 is 11.6 Å². The summed E-state index contributed by atoms with van der Waals surface area (Å²) in [7, 11) is -1.05. The molecule has 1 aliphatic carbocycles. The smallest absolute Gasteiger partial charge is 0.338 e. The van der Waals surface area contributed by atoms with Crippen LogP contribution in [-0.2, 0) is 24.3 Å². The summed E-state index contributed by atoms with van der Waals surface area (Å²) >= 11 is 5.95. The lowest BCUT2D eigenvalue weighted by Crippen LogP contribution is -2.42. The van der Waals surface area contributed by atoms with Crippen LogP contribution in [0.1, 0.15) is 32.1 Å². The van der Waals surface area contributed by atoms with E-state index in [0.717, 1.165) is 23.6 Å². The Kier molecular flexibility index (Phi) is 6.85. The minimum absolute atomic E-state index is 0.0210. The summed E-state index contributed by atoms with van der Waals surface area (Å²) in [6.07, 6.45) is 3.04. The minimum Gasteiger partial charge on any atom is -0.453 e. The van der Waals surface area contributed by atoms with Crippen LogP contribution in [0.2, 0.25) is 5.02 Å². The number of rotatable bonds is 6. The zero-order chi connectivity index (χ0) is 20.2. The second-order valence-electron chi connectivity index (χ2n) is 6.65. The Labute approximate surface area is 163 Å². The Bertz CT molecular complexity index is 819. The largest absolute Gasteiger partial charge is 0.453 e. The number of esters is 1. The molecule has 0 aliphatic heterocycles. The third kappa shape index (κ3) is 5.19. The van der Waals surface area contributed by atoms with Gasteiger partial charge in [-0.25, -0.2) is 17.5 Å². The fourth-order valence-corrected chi connectivity index (χ4v) is 4.17. The predicted octanol–water partition coefficient (Wildman–Crippen LogP) is 1.77. The van der Waals surface area contributed by atoms with E-state index in [4.69, 9.17) is 16.3 Å². The SMILES string of the molecule is CN(C)S(=O)(=O)c1cc(NC(=O)COC(=O)C2(O)CCCCC2)ccc1Cl. The van der Waals surface area contributed by atoms with E-state index >= 15 is 0 Å². The number of nitrogens with one attached hydrogen (secondary N) is 1. The molecule has 0 radical (unpaired) electrons. The average Bonchev–Trinajstić information content (AvgIpc) is 2.61.